The van der Waals surface area contributed by atoms with Crippen LogP contribution in [0.3, 0.4) is 0 Å². The first kappa shape index (κ1) is 46.8. The Morgan fingerprint density at radius 3 is 2.21 bits per heavy atom. The van der Waals surface area contributed by atoms with Gasteiger partial charge in [0.15, 0.2) is 5.65 Å². The van der Waals surface area contributed by atoms with E-state index in [4.69, 9.17) is 26.0 Å². The normalized spacial score (nSPS) is 14.6. The zero-order chi connectivity index (χ0) is 46.4. The number of hydrogen-bond acceptors (Lipinski definition) is 18. The van der Waals surface area contributed by atoms with Gasteiger partial charge in [0, 0.05) is 145 Å². The summed E-state index contributed by atoms with van der Waals surface area (Å²) in [5.41, 5.74) is 16.2. The quantitative estimate of drug-likeness (QED) is 0.0668. The number of pyridine rings is 1. The second-order valence-electron chi connectivity index (χ2n) is 16.6. The van der Waals surface area contributed by atoms with Crippen LogP contribution in [-0.2, 0) is 32.2 Å². The number of carbonyl (C=O) groups excluding carboxylic acids is 3. The van der Waals surface area contributed by atoms with Gasteiger partial charge in [-0.1, -0.05) is 6.42 Å². The number of aromatic nitrogens is 10. The molecule has 8 heterocycles. The first-order valence-corrected chi connectivity index (χ1v) is 23.0. The van der Waals surface area contributed by atoms with E-state index in [0.29, 0.717) is 125 Å². The summed E-state index contributed by atoms with van der Waals surface area (Å²) >= 11 is 0. The van der Waals surface area contributed by atoms with Crippen LogP contribution >= 0.6 is 0 Å². The molecule has 2 aliphatic heterocycles. The molecule has 6 N–H and O–H groups in total. The third-order valence-corrected chi connectivity index (χ3v) is 12.0. The molecule has 0 aliphatic carbocycles. The Hall–Kier alpha value is -6.75. The lowest BCUT2D eigenvalue weighted by atomic mass is 10.1. The molecule has 6 aromatic heterocycles. The molecule has 0 radical (unpaired) electrons. The van der Waals surface area contributed by atoms with Crippen molar-refractivity contribution in [2.75, 3.05) is 107 Å². The minimum atomic E-state index is -0.286. The van der Waals surface area contributed by atoms with E-state index < -0.39 is 0 Å². The Labute approximate surface area is 387 Å². The number of anilines is 3. The van der Waals surface area contributed by atoms with Crippen LogP contribution in [0, 0.1) is 0 Å². The van der Waals surface area contributed by atoms with Gasteiger partial charge >= 0.3 is 0 Å². The van der Waals surface area contributed by atoms with E-state index in [1.807, 2.05) is 27.9 Å². The van der Waals surface area contributed by atoms with Gasteiger partial charge in [0.05, 0.1) is 43.8 Å². The molecule has 2 amide bonds. The number of carbonyl (C=O) groups is 3. The summed E-state index contributed by atoms with van der Waals surface area (Å²) in [6.45, 7) is 9.43. The number of aromatic amines is 1. The number of fused-ring (bicyclic) bond motifs is 2. The standard InChI is InChI=1S/C45H59N17O5/c46-25-32-26-51-44(52-27-32)61-17-15-59(16-18-61)37(64)7-21-67-23-19-58-11-13-60(14-12-58)45-53-29-35(30-54-45)43(65)49-9-22-66-20-6-36(63)4-2-1-3-10-62-42-38(40(47)55-31-56-42)39(57-62)34-24-33-5-8-48-41(33)50-28-34/h5,8,24,26-31H,1-4,6-7,9-23,25,46H2,(H,48,50)(H,49,65)(H2,47,55,56). The number of hydrogen-bond donors (Lipinski definition) is 4. The summed E-state index contributed by atoms with van der Waals surface area (Å²) < 4.78 is 13.3. The van der Waals surface area contributed by atoms with Gasteiger partial charge in [-0.15, -0.1) is 0 Å². The lowest BCUT2D eigenvalue weighted by Crippen LogP contribution is -2.49. The first-order valence-electron chi connectivity index (χ1n) is 23.0. The van der Waals surface area contributed by atoms with E-state index in [-0.39, 0.29) is 24.2 Å². The van der Waals surface area contributed by atoms with Gasteiger partial charge < -0.3 is 45.9 Å². The first-order chi connectivity index (χ1) is 32.8. The van der Waals surface area contributed by atoms with Crippen LogP contribution in [0.2, 0.25) is 0 Å². The molecule has 0 aromatic carbocycles. The minimum Gasteiger partial charge on any atom is -0.383 e. The van der Waals surface area contributed by atoms with Crippen molar-refractivity contribution in [1.82, 2.24) is 64.8 Å². The molecule has 8 rings (SSSR count). The fourth-order valence-corrected chi connectivity index (χ4v) is 8.13. The van der Waals surface area contributed by atoms with Crippen LogP contribution in [0.1, 0.15) is 54.4 Å². The number of ketones is 1. The highest BCUT2D eigenvalue weighted by molar-refractivity contribution is 5.99. The van der Waals surface area contributed by atoms with Crippen molar-refractivity contribution >= 4 is 57.4 Å². The molecule has 22 nitrogen and oxygen atoms in total. The number of nitrogen functional groups attached to an aromatic ring is 1. The maximum atomic E-state index is 12.8. The molecule has 67 heavy (non-hydrogen) atoms. The highest BCUT2D eigenvalue weighted by Gasteiger charge is 2.24. The van der Waals surface area contributed by atoms with E-state index in [0.717, 1.165) is 74.1 Å². The third-order valence-electron chi connectivity index (χ3n) is 12.0. The van der Waals surface area contributed by atoms with Gasteiger partial charge in [-0.3, -0.25) is 19.3 Å². The van der Waals surface area contributed by atoms with Gasteiger partial charge in [0.25, 0.3) is 5.91 Å². The number of nitrogens with one attached hydrogen (secondary N) is 2. The van der Waals surface area contributed by atoms with E-state index in [1.165, 1.54) is 18.7 Å². The van der Waals surface area contributed by atoms with Crippen LogP contribution in [0.5, 0.6) is 0 Å². The number of ether oxygens (including phenoxy) is 2. The van der Waals surface area contributed by atoms with Crippen LogP contribution < -0.4 is 26.6 Å². The van der Waals surface area contributed by atoms with Gasteiger partial charge in [-0.2, -0.15) is 5.10 Å². The highest BCUT2D eigenvalue weighted by atomic mass is 16.5. The van der Waals surface area contributed by atoms with E-state index in [2.05, 4.69) is 59.9 Å². The van der Waals surface area contributed by atoms with Crippen molar-refractivity contribution in [3.63, 3.8) is 0 Å². The highest BCUT2D eigenvalue weighted by Crippen LogP contribution is 2.31. The van der Waals surface area contributed by atoms with Crippen molar-refractivity contribution in [3.8, 4) is 11.3 Å². The second kappa shape index (κ2) is 23.1. The molecular weight excluding hydrogens is 859 g/mol. The fraction of sp³-hybridized carbons (Fsp3) is 0.489. The lowest BCUT2D eigenvalue weighted by molar-refractivity contribution is -0.132. The molecule has 22 heteroatoms. The van der Waals surface area contributed by atoms with Crippen LogP contribution in [0.25, 0.3) is 33.3 Å². The summed E-state index contributed by atoms with van der Waals surface area (Å²) in [5, 5.41) is 9.34. The number of H-pyrrole nitrogens is 1. The minimum absolute atomic E-state index is 0.0992. The maximum Gasteiger partial charge on any atom is 0.254 e. The average Bonchev–Trinajstić information content (AvgIpc) is 4.00. The molecule has 2 fully saturated rings. The predicted molar refractivity (Wildman–Crippen MR) is 251 cm³/mol. The molecule has 6 aromatic rings. The Kier molecular flexibility index (Phi) is 16.1. The third kappa shape index (κ3) is 12.4. The van der Waals surface area contributed by atoms with Crippen molar-refractivity contribution in [2.24, 2.45) is 5.73 Å². The fourth-order valence-electron chi connectivity index (χ4n) is 8.13. The smallest absolute Gasteiger partial charge is 0.254 e. The molecule has 354 valence electrons. The molecule has 0 saturated carbocycles. The van der Waals surface area contributed by atoms with Gasteiger partial charge in [-0.25, -0.2) is 39.6 Å². The maximum absolute atomic E-state index is 12.8. The summed E-state index contributed by atoms with van der Waals surface area (Å²) in [6, 6.07) is 3.98. The van der Waals surface area contributed by atoms with Gasteiger partial charge in [0.1, 0.15) is 29.3 Å². The zero-order valence-corrected chi connectivity index (χ0v) is 37.8. The number of unbranched alkanes of at least 4 members (excludes halogenated alkanes) is 2. The lowest BCUT2D eigenvalue weighted by Gasteiger charge is -2.35. The zero-order valence-electron chi connectivity index (χ0n) is 37.8. The van der Waals surface area contributed by atoms with Gasteiger partial charge in [-0.05, 0) is 25.0 Å². The summed E-state index contributed by atoms with van der Waals surface area (Å²) in [7, 11) is 0. The van der Waals surface area contributed by atoms with Crippen LogP contribution in [-0.4, -0.2) is 169 Å². The topological polar surface area (TPSA) is 271 Å². The Morgan fingerprint density at radius 1 is 0.731 bits per heavy atom. The molecule has 0 bridgehead atoms. The number of aryl methyl sites for hydroxylation is 1. The number of rotatable bonds is 23. The van der Waals surface area contributed by atoms with E-state index >= 15 is 0 Å². The van der Waals surface area contributed by atoms with Crippen LogP contribution in [0.15, 0.2) is 55.6 Å². The molecular formula is C45H59N17O5. The van der Waals surface area contributed by atoms with Crippen LogP contribution in [0.4, 0.5) is 17.7 Å². The number of amides is 2. The van der Waals surface area contributed by atoms with Crippen molar-refractivity contribution in [2.45, 2.75) is 51.6 Å². The molecule has 0 spiro atoms. The predicted octanol–water partition coefficient (Wildman–Crippen LogP) is 1.83. The molecule has 2 aliphatic rings. The van der Waals surface area contributed by atoms with Crippen molar-refractivity contribution in [3.05, 3.63) is 66.8 Å². The molecule has 2 saturated heterocycles. The molecule has 0 atom stereocenters. The average molecular weight is 918 g/mol. The SMILES string of the molecule is NCc1cnc(N2CCN(C(=O)CCOCCN3CCN(c4ncc(C(=O)NCCOCCC(=O)CCCCCn5nc(-c6cnc7[nH]ccc7c6)c6c(N)ncnc65)cn4)CC3)CC2)nc1. The Morgan fingerprint density at radius 2 is 1.45 bits per heavy atom. The molecule has 0 unspecified atom stereocenters. The Balaban J connectivity index is 0.635. The van der Waals surface area contributed by atoms with Crippen molar-refractivity contribution < 1.29 is 23.9 Å². The van der Waals surface area contributed by atoms with Gasteiger partial charge in [0.2, 0.25) is 17.8 Å². The Bertz CT molecular complexity index is 2550. The number of Topliss-reactive ketones (excluding diaryl/α,β-unsaturated/α-hetero) is 1. The summed E-state index contributed by atoms with van der Waals surface area (Å²) in [4.78, 5) is 80.3. The number of piperazine rings is 2. The van der Waals surface area contributed by atoms with E-state index in [9.17, 15) is 14.4 Å². The van der Waals surface area contributed by atoms with Crippen molar-refractivity contribution in [1.29, 1.82) is 0 Å². The summed E-state index contributed by atoms with van der Waals surface area (Å²) in [6.07, 6.45) is 15.2. The number of nitrogens with zero attached hydrogens (tertiary/aromatic N) is 13. The second-order valence-corrected chi connectivity index (χ2v) is 16.6. The number of nitrogens with two attached hydrogens (primary N) is 2. The largest absolute Gasteiger partial charge is 0.383 e. The van der Waals surface area contributed by atoms with E-state index in [1.54, 1.807) is 18.6 Å². The summed E-state index contributed by atoms with van der Waals surface area (Å²) in [5.74, 6) is 1.57. The monoisotopic (exact) mass is 917 g/mol.